The lowest BCUT2D eigenvalue weighted by atomic mass is 10.2. The Kier molecular flexibility index (Phi) is 6.11. The van der Waals surface area contributed by atoms with Crippen molar-refractivity contribution >= 4 is 17.0 Å². The maximum atomic E-state index is 10.2. The number of hydrogen-bond acceptors (Lipinski definition) is 2. The van der Waals surface area contributed by atoms with E-state index in [-0.39, 0.29) is 6.61 Å². The molecule has 0 aliphatic carbocycles. The monoisotopic (exact) mass is 186 g/mol. The van der Waals surface area contributed by atoms with Crippen LogP contribution in [0.25, 0.3) is 0 Å². The van der Waals surface area contributed by atoms with Crippen molar-refractivity contribution in [3.05, 3.63) is 36.5 Å². The van der Waals surface area contributed by atoms with Gasteiger partial charge < -0.3 is 4.74 Å². The molecule has 2 nitrogen and oxygen atoms in total. The van der Waals surface area contributed by atoms with Gasteiger partial charge in [-0.1, -0.05) is 30.9 Å². The number of rotatable bonds is 4. The van der Waals surface area contributed by atoms with Crippen molar-refractivity contribution in [2.45, 2.75) is 6.92 Å². The van der Waals surface area contributed by atoms with E-state index in [0.29, 0.717) is 0 Å². The molecule has 0 aromatic carbocycles. The van der Waals surface area contributed by atoms with E-state index >= 15 is 0 Å². The van der Waals surface area contributed by atoms with E-state index < -0.39 is 5.43 Å². The van der Waals surface area contributed by atoms with Gasteiger partial charge in [-0.25, -0.2) is 4.79 Å². The lowest BCUT2D eigenvalue weighted by Gasteiger charge is -1.99. The quantitative estimate of drug-likeness (QED) is 0.498. The predicted octanol–water partition coefficient (Wildman–Crippen LogP) is 3.05. The second-order valence-corrected chi connectivity index (χ2v) is 2.31. The van der Waals surface area contributed by atoms with Crippen LogP contribution in [0.4, 0.5) is 4.79 Å². The van der Waals surface area contributed by atoms with Crippen molar-refractivity contribution in [3.8, 4) is 0 Å². The minimum atomic E-state index is -0.797. The molecule has 0 rings (SSSR count). The second-order valence-electron chi connectivity index (χ2n) is 2.00. The third-order valence-corrected chi connectivity index (χ3v) is 1.17. The SMILES string of the molecule is C=C/C=C(\C=C/C)COC(=O)Cl. The Morgan fingerprint density at radius 1 is 1.67 bits per heavy atom. The van der Waals surface area contributed by atoms with Gasteiger partial charge in [0.15, 0.2) is 0 Å². The van der Waals surface area contributed by atoms with Crippen LogP contribution in [0.15, 0.2) is 36.5 Å². The fraction of sp³-hybridized carbons (Fsp3) is 0.222. The molecule has 0 aliphatic rings. The molecule has 0 aliphatic heterocycles. The predicted molar refractivity (Wildman–Crippen MR) is 50.3 cm³/mol. The molecule has 0 aromatic heterocycles. The molecule has 0 spiro atoms. The maximum absolute atomic E-state index is 10.2. The third-order valence-electron chi connectivity index (χ3n) is 1.06. The second kappa shape index (κ2) is 6.68. The largest absolute Gasteiger partial charge is 0.449 e. The summed E-state index contributed by atoms with van der Waals surface area (Å²) in [5.74, 6) is 0. The summed E-state index contributed by atoms with van der Waals surface area (Å²) in [5.41, 5.74) is 0.0518. The van der Waals surface area contributed by atoms with E-state index in [1.807, 2.05) is 19.1 Å². The molecule has 0 fully saturated rings. The highest BCUT2D eigenvalue weighted by atomic mass is 35.5. The van der Waals surface area contributed by atoms with E-state index in [4.69, 9.17) is 11.6 Å². The molecule has 0 aromatic rings. The van der Waals surface area contributed by atoms with Crippen LogP contribution in [0.5, 0.6) is 0 Å². The average Bonchev–Trinajstić information content (AvgIpc) is 2.01. The Hall–Kier alpha value is -1.02. The van der Waals surface area contributed by atoms with Crippen LogP contribution < -0.4 is 0 Å². The fourth-order valence-corrected chi connectivity index (χ4v) is 0.712. The minimum Gasteiger partial charge on any atom is -0.449 e. The highest BCUT2D eigenvalue weighted by Crippen LogP contribution is 2.00. The Balaban J connectivity index is 4.05. The first-order chi connectivity index (χ1) is 5.70. The summed E-state index contributed by atoms with van der Waals surface area (Å²) < 4.78 is 4.57. The van der Waals surface area contributed by atoms with Crippen molar-refractivity contribution < 1.29 is 9.53 Å². The zero-order valence-electron chi connectivity index (χ0n) is 6.92. The number of carbonyl (C=O) groups is 1. The molecule has 3 heteroatoms. The molecule has 0 atom stereocenters. The number of hydrogen-bond donors (Lipinski definition) is 0. The van der Waals surface area contributed by atoms with Crippen LogP contribution in [-0.2, 0) is 4.74 Å². The highest BCUT2D eigenvalue weighted by molar-refractivity contribution is 6.61. The van der Waals surface area contributed by atoms with Gasteiger partial charge in [0.1, 0.15) is 6.61 Å². The summed E-state index contributed by atoms with van der Waals surface area (Å²) in [5, 5.41) is 0. The smallest absolute Gasteiger partial charge is 0.404 e. The van der Waals surface area contributed by atoms with Gasteiger partial charge in [-0.3, -0.25) is 0 Å². The van der Waals surface area contributed by atoms with E-state index in [1.165, 1.54) is 0 Å². The van der Waals surface area contributed by atoms with E-state index in [9.17, 15) is 4.79 Å². The van der Waals surface area contributed by atoms with Crippen LogP contribution in [0, 0.1) is 0 Å². The first kappa shape index (κ1) is 11.0. The van der Waals surface area contributed by atoms with E-state index in [1.54, 1.807) is 12.2 Å². The molecule has 0 radical (unpaired) electrons. The molecule has 66 valence electrons. The third kappa shape index (κ3) is 5.74. The van der Waals surface area contributed by atoms with Crippen molar-refractivity contribution in [3.63, 3.8) is 0 Å². The van der Waals surface area contributed by atoms with E-state index in [0.717, 1.165) is 5.57 Å². The topological polar surface area (TPSA) is 26.3 Å². The lowest BCUT2D eigenvalue weighted by molar-refractivity contribution is 0.184. The number of halogens is 1. The average molecular weight is 187 g/mol. The standard InChI is InChI=1S/C9H11ClO2/c1-3-5-8(6-4-2)7-12-9(10)11/h3-6H,1,7H2,2H3/b6-4-,8-5+. The molecule has 0 saturated heterocycles. The highest BCUT2D eigenvalue weighted by Gasteiger charge is 1.96. The van der Waals surface area contributed by atoms with Crippen LogP contribution in [-0.4, -0.2) is 12.0 Å². The minimum absolute atomic E-state index is 0.179. The zero-order valence-corrected chi connectivity index (χ0v) is 7.67. The number of allylic oxidation sites excluding steroid dienone is 3. The zero-order chi connectivity index (χ0) is 9.40. The Labute approximate surface area is 77.2 Å². The summed E-state index contributed by atoms with van der Waals surface area (Å²) in [6.07, 6.45) is 7.04. The molecule has 0 N–H and O–H groups in total. The first-order valence-corrected chi connectivity index (χ1v) is 3.85. The van der Waals surface area contributed by atoms with Crippen molar-refractivity contribution in [1.82, 2.24) is 0 Å². The Morgan fingerprint density at radius 3 is 2.75 bits per heavy atom. The summed E-state index contributed by atoms with van der Waals surface area (Å²) in [7, 11) is 0. The summed E-state index contributed by atoms with van der Waals surface area (Å²) in [4.78, 5) is 10.2. The van der Waals surface area contributed by atoms with Crippen molar-refractivity contribution in [1.29, 1.82) is 0 Å². The summed E-state index contributed by atoms with van der Waals surface area (Å²) >= 11 is 4.98. The van der Waals surface area contributed by atoms with Gasteiger partial charge in [0.25, 0.3) is 0 Å². The molecule has 0 bridgehead atoms. The summed E-state index contributed by atoms with van der Waals surface area (Å²) in [6, 6.07) is 0. The van der Waals surface area contributed by atoms with Crippen molar-refractivity contribution in [2.24, 2.45) is 0 Å². The molecular weight excluding hydrogens is 176 g/mol. The van der Waals surface area contributed by atoms with Gasteiger partial charge in [0.2, 0.25) is 0 Å². The van der Waals surface area contributed by atoms with E-state index in [2.05, 4.69) is 11.3 Å². The van der Waals surface area contributed by atoms with Crippen molar-refractivity contribution in [2.75, 3.05) is 6.61 Å². The van der Waals surface area contributed by atoms with Gasteiger partial charge >= 0.3 is 5.43 Å². The molecule has 12 heavy (non-hydrogen) atoms. The van der Waals surface area contributed by atoms with Gasteiger partial charge in [-0.2, -0.15) is 0 Å². The lowest BCUT2D eigenvalue weighted by Crippen LogP contribution is -1.97. The van der Waals surface area contributed by atoms with Gasteiger partial charge in [-0.15, -0.1) is 0 Å². The fourth-order valence-electron chi connectivity index (χ4n) is 0.657. The Morgan fingerprint density at radius 2 is 2.33 bits per heavy atom. The van der Waals surface area contributed by atoms with Crippen LogP contribution in [0.3, 0.4) is 0 Å². The number of carbonyl (C=O) groups excluding carboxylic acids is 1. The molecule has 0 unspecified atom stereocenters. The molecular formula is C9H11ClO2. The Bertz CT molecular complexity index is 217. The summed E-state index contributed by atoms with van der Waals surface area (Å²) in [6.45, 7) is 5.58. The molecule has 0 saturated carbocycles. The first-order valence-electron chi connectivity index (χ1n) is 3.47. The van der Waals surface area contributed by atoms with Crippen LogP contribution in [0.1, 0.15) is 6.92 Å². The number of ether oxygens (including phenoxy) is 1. The van der Waals surface area contributed by atoms with Gasteiger partial charge in [-0.05, 0) is 12.5 Å². The van der Waals surface area contributed by atoms with Crippen LogP contribution >= 0.6 is 11.6 Å². The van der Waals surface area contributed by atoms with Gasteiger partial charge in [0, 0.05) is 11.6 Å². The van der Waals surface area contributed by atoms with Crippen LogP contribution in [0.2, 0.25) is 0 Å². The normalized spacial score (nSPS) is 11.7. The molecule has 0 amide bonds. The van der Waals surface area contributed by atoms with Gasteiger partial charge in [0.05, 0.1) is 0 Å². The molecule has 0 heterocycles. The maximum Gasteiger partial charge on any atom is 0.404 e.